The van der Waals surface area contributed by atoms with Crippen LogP contribution in [0.4, 0.5) is 10.0 Å². The molecule has 0 aromatic carbocycles. The Morgan fingerprint density at radius 2 is 1.18 bits per heavy atom. The molecule has 2 N–H and O–H groups in total. The monoisotopic (exact) mass is 344 g/mol. The normalized spacial score (nSPS) is 10.4. The van der Waals surface area contributed by atoms with Crippen LogP contribution in [-0.4, -0.2) is 32.0 Å². The molecule has 0 fully saturated rings. The van der Waals surface area contributed by atoms with Gasteiger partial charge >= 0.3 is 21.9 Å². The number of thiophene rings is 2. The standard InChI is InChI=1S/C10H4N2O8S2/c13-9(14)3-1-21-7(11(17)18)5(3)6-4(10(15)16)2-22-8(6)12(19)20/h1-2H,(H,13,14)(H,15,16). The summed E-state index contributed by atoms with van der Waals surface area (Å²) in [4.78, 5) is 42.6. The minimum atomic E-state index is -1.55. The zero-order chi connectivity index (χ0) is 16.6. The largest absolute Gasteiger partial charge is 0.478 e. The smallest absolute Gasteiger partial charge is 0.337 e. The first-order chi connectivity index (χ1) is 10.3. The summed E-state index contributed by atoms with van der Waals surface area (Å²) in [6, 6.07) is 0. The van der Waals surface area contributed by atoms with Crippen LogP contribution in [0.1, 0.15) is 20.7 Å². The maximum atomic E-state index is 11.2. The van der Waals surface area contributed by atoms with E-state index in [0.717, 1.165) is 10.8 Å². The second-order valence-electron chi connectivity index (χ2n) is 3.78. The van der Waals surface area contributed by atoms with E-state index in [1.165, 1.54) is 0 Å². The summed E-state index contributed by atoms with van der Waals surface area (Å²) in [6.45, 7) is 0. The predicted molar refractivity (Wildman–Crippen MR) is 74.9 cm³/mol. The van der Waals surface area contributed by atoms with E-state index < -0.39 is 54.0 Å². The lowest BCUT2D eigenvalue weighted by molar-refractivity contribution is -0.381. The van der Waals surface area contributed by atoms with Crippen LogP contribution in [0, 0.1) is 20.2 Å². The van der Waals surface area contributed by atoms with Gasteiger partial charge in [-0.25, -0.2) is 9.59 Å². The van der Waals surface area contributed by atoms with Crippen molar-refractivity contribution in [3.63, 3.8) is 0 Å². The fourth-order valence-electron chi connectivity index (χ4n) is 1.76. The van der Waals surface area contributed by atoms with Crippen LogP contribution >= 0.6 is 22.7 Å². The van der Waals surface area contributed by atoms with Gasteiger partial charge in [0.2, 0.25) is 0 Å². The number of carbonyl (C=O) groups is 2. The molecule has 22 heavy (non-hydrogen) atoms. The molecule has 0 aliphatic carbocycles. The molecule has 0 atom stereocenters. The summed E-state index contributed by atoms with van der Waals surface area (Å²) >= 11 is 0.922. The van der Waals surface area contributed by atoms with Gasteiger partial charge in [-0.15, -0.1) is 0 Å². The van der Waals surface area contributed by atoms with Gasteiger partial charge in [-0.2, -0.15) is 0 Å². The van der Waals surface area contributed by atoms with Crippen LogP contribution in [0.5, 0.6) is 0 Å². The van der Waals surface area contributed by atoms with Crippen LogP contribution in [0.15, 0.2) is 10.8 Å². The Bertz CT molecular complexity index is 690. The Hall–Kier alpha value is -2.86. The average Bonchev–Trinajstić information content (AvgIpc) is 3.01. The van der Waals surface area contributed by atoms with Gasteiger partial charge in [0.05, 0.1) is 32.1 Å². The maximum Gasteiger partial charge on any atom is 0.337 e. The van der Waals surface area contributed by atoms with Crippen LogP contribution in [0.25, 0.3) is 11.1 Å². The number of nitrogens with zero attached hydrogens (tertiary/aromatic N) is 2. The number of hydrogen-bond acceptors (Lipinski definition) is 8. The third-order valence-corrected chi connectivity index (χ3v) is 4.45. The zero-order valence-electron chi connectivity index (χ0n) is 10.2. The second kappa shape index (κ2) is 5.50. The van der Waals surface area contributed by atoms with E-state index in [2.05, 4.69) is 0 Å². The summed E-state index contributed by atoms with van der Waals surface area (Å²) in [7, 11) is 0. The van der Waals surface area contributed by atoms with E-state index in [1.54, 1.807) is 0 Å². The molecule has 0 radical (unpaired) electrons. The molecular formula is C10H4N2O8S2. The molecule has 2 aromatic rings. The summed E-state index contributed by atoms with van der Waals surface area (Å²) in [5.41, 5.74) is -2.23. The van der Waals surface area contributed by atoms with Crippen molar-refractivity contribution in [1.82, 2.24) is 0 Å². The molecule has 0 amide bonds. The Labute approximate surface area is 128 Å². The van der Waals surface area contributed by atoms with Gasteiger partial charge in [-0.1, -0.05) is 22.7 Å². The molecule has 2 aromatic heterocycles. The molecule has 10 nitrogen and oxygen atoms in total. The Morgan fingerprint density at radius 1 is 0.864 bits per heavy atom. The lowest BCUT2D eigenvalue weighted by Crippen LogP contribution is -2.03. The van der Waals surface area contributed by atoms with Crippen molar-refractivity contribution in [2.24, 2.45) is 0 Å². The highest BCUT2D eigenvalue weighted by atomic mass is 32.1. The summed E-state index contributed by atoms with van der Waals surface area (Å²) in [6.07, 6.45) is 0. The molecule has 2 heterocycles. The first-order valence-corrected chi connectivity index (χ1v) is 7.00. The molecule has 0 spiro atoms. The highest BCUT2D eigenvalue weighted by Crippen LogP contribution is 2.47. The number of aromatic carboxylic acids is 2. The highest BCUT2D eigenvalue weighted by Gasteiger charge is 2.36. The van der Waals surface area contributed by atoms with Gasteiger partial charge in [0.1, 0.15) is 0 Å². The van der Waals surface area contributed by atoms with E-state index in [9.17, 15) is 29.8 Å². The van der Waals surface area contributed by atoms with Crippen LogP contribution in [0.2, 0.25) is 0 Å². The van der Waals surface area contributed by atoms with E-state index in [1.807, 2.05) is 0 Å². The highest BCUT2D eigenvalue weighted by molar-refractivity contribution is 7.15. The quantitative estimate of drug-likeness (QED) is 0.618. The molecule has 0 aliphatic heterocycles. The topological polar surface area (TPSA) is 161 Å². The number of carboxylic acids is 2. The lowest BCUT2D eigenvalue weighted by Gasteiger charge is -2.01. The van der Waals surface area contributed by atoms with Crippen LogP contribution < -0.4 is 0 Å². The third-order valence-electron chi connectivity index (χ3n) is 2.59. The molecule has 0 bridgehead atoms. The predicted octanol–water partition coefficient (Wildman–Crippen LogP) is 2.69. The van der Waals surface area contributed by atoms with Crippen molar-refractivity contribution < 1.29 is 29.6 Å². The summed E-state index contributed by atoms with van der Waals surface area (Å²) < 4.78 is 0. The maximum absolute atomic E-state index is 11.2. The van der Waals surface area contributed by atoms with Gasteiger partial charge < -0.3 is 10.2 Å². The van der Waals surface area contributed by atoms with E-state index >= 15 is 0 Å². The van der Waals surface area contributed by atoms with E-state index in [4.69, 9.17) is 10.2 Å². The summed E-state index contributed by atoms with van der Waals surface area (Å²) in [5, 5.41) is 40.8. The molecule has 0 aliphatic rings. The second-order valence-corrected chi connectivity index (χ2v) is 5.50. The fourth-order valence-corrected chi connectivity index (χ4v) is 3.49. The Balaban J connectivity index is 2.92. The van der Waals surface area contributed by atoms with Crippen molar-refractivity contribution in [2.45, 2.75) is 0 Å². The molecule has 12 heteroatoms. The first kappa shape index (κ1) is 15.5. The molecule has 0 saturated heterocycles. The summed E-state index contributed by atoms with van der Waals surface area (Å²) in [5.74, 6) is -3.09. The molecule has 2 rings (SSSR count). The van der Waals surface area contributed by atoms with Gasteiger partial charge in [-0.05, 0) is 0 Å². The average molecular weight is 344 g/mol. The van der Waals surface area contributed by atoms with Crippen molar-refractivity contribution in [1.29, 1.82) is 0 Å². The lowest BCUT2D eigenvalue weighted by atomic mass is 10.0. The van der Waals surface area contributed by atoms with Gasteiger partial charge in [0.15, 0.2) is 0 Å². The zero-order valence-corrected chi connectivity index (χ0v) is 11.8. The SMILES string of the molecule is O=C(O)c1csc([N+](=O)[O-])c1-c1c(C(=O)O)csc1[N+](=O)[O-]. The first-order valence-electron chi connectivity index (χ1n) is 5.24. The minimum Gasteiger partial charge on any atom is -0.478 e. The number of carboxylic acid groups (broad SMARTS) is 2. The Morgan fingerprint density at radius 3 is 1.41 bits per heavy atom. The van der Waals surface area contributed by atoms with Gasteiger partial charge in [0, 0.05) is 10.8 Å². The van der Waals surface area contributed by atoms with Crippen molar-refractivity contribution in [3.8, 4) is 11.1 Å². The van der Waals surface area contributed by atoms with Gasteiger partial charge in [-0.3, -0.25) is 20.2 Å². The van der Waals surface area contributed by atoms with E-state index in [-0.39, 0.29) is 0 Å². The van der Waals surface area contributed by atoms with Gasteiger partial charge in [0.25, 0.3) is 0 Å². The number of hydrogen-bond donors (Lipinski definition) is 2. The number of rotatable bonds is 5. The van der Waals surface area contributed by atoms with E-state index in [0.29, 0.717) is 22.7 Å². The third kappa shape index (κ3) is 2.40. The van der Waals surface area contributed by atoms with Crippen LogP contribution in [0.3, 0.4) is 0 Å². The fraction of sp³-hybridized carbons (Fsp3) is 0. The minimum absolute atomic E-state index is 0.461. The molecular weight excluding hydrogens is 340 g/mol. The van der Waals surface area contributed by atoms with Crippen molar-refractivity contribution >= 4 is 44.6 Å². The number of nitro groups is 2. The van der Waals surface area contributed by atoms with Crippen molar-refractivity contribution in [2.75, 3.05) is 0 Å². The molecule has 114 valence electrons. The molecule has 0 unspecified atom stereocenters. The van der Waals surface area contributed by atoms with Crippen molar-refractivity contribution in [3.05, 3.63) is 42.1 Å². The Kier molecular flexibility index (Phi) is 3.88. The molecule has 0 saturated carbocycles. The van der Waals surface area contributed by atoms with Crippen LogP contribution in [-0.2, 0) is 0 Å².